The number of amidine groups is 1. The number of methoxy groups -OCH3 is 1. The minimum atomic E-state index is 0.0657. The lowest BCUT2D eigenvalue weighted by Gasteiger charge is -2.22. The molecule has 0 spiro atoms. The number of nitrogen functional groups attached to an aromatic ring is 1. The van der Waals surface area contributed by atoms with Crippen LogP contribution >= 0.6 is 0 Å². The molecule has 3 N–H and O–H groups in total. The van der Waals surface area contributed by atoms with E-state index >= 15 is 0 Å². The summed E-state index contributed by atoms with van der Waals surface area (Å²) in [6.07, 6.45) is 0. The number of nitrogens with two attached hydrogens (primary N) is 1. The highest BCUT2D eigenvalue weighted by Gasteiger charge is 2.10. The Labute approximate surface area is 112 Å². The molecule has 0 bridgehead atoms. The maximum absolute atomic E-state index is 7.63. The number of anilines is 2. The molecule has 0 aliphatic rings. The second kappa shape index (κ2) is 5.44. The van der Waals surface area contributed by atoms with Crippen LogP contribution in [0.15, 0.2) is 48.5 Å². The van der Waals surface area contributed by atoms with Crippen LogP contribution in [0.1, 0.15) is 5.56 Å². The van der Waals surface area contributed by atoms with E-state index in [0.717, 1.165) is 22.7 Å². The molecular weight excluding hydrogens is 238 g/mol. The Morgan fingerprint density at radius 2 is 1.74 bits per heavy atom. The maximum atomic E-state index is 7.63. The van der Waals surface area contributed by atoms with E-state index in [-0.39, 0.29) is 5.84 Å². The largest absolute Gasteiger partial charge is 0.497 e. The van der Waals surface area contributed by atoms with Gasteiger partial charge in [-0.15, -0.1) is 0 Å². The van der Waals surface area contributed by atoms with Crippen LogP contribution in [0.3, 0.4) is 0 Å². The first-order chi connectivity index (χ1) is 9.13. The van der Waals surface area contributed by atoms with Gasteiger partial charge in [0.25, 0.3) is 0 Å². The predicted molar refractivity (Wildman–Crippen MR) is 78.5 cm³/mol. The number of hydrogen-bond donors (Lipinski definition) is 2. The molecule has 2 aromatic carbocycles. The van der Waals surface area contributed by atoms with Crippen LogP contribution in [0.25, 0.3) is 0 Å². The van der Waals surface area contributed by atoms with Gasteiger partial charge in [0, 0.05) is 18.3 Å². The molecule has 0 amide bonds. The van der Waals surface area contributed by atoms with Gasteiger partial charge < -0.3 is 15.4 Å². The van der Waals surface area contributed by atoms with Crippen molar-refractivity contribution in [3.05, 3.63) is 54.1 Å². The summed E-state index contributed by atoms with van der Waals surface area (Å²) in [6, 6.07) is 15.3. The number of nitrogens with one attached hydrogen (secondary N) is 1. The quantitative estimate of drug-likeness (QED) is 0.652. The summed E-state index contributed by atoms with van der Waals surface area (Å²) in [7, 11) is 3.59. The molecule has 19 heavy (non-hydrogen) atoms. The van der Waals surface area contributed by atoms with Crippen LogP contribution in [0.2, 0.25) is 0 Å². The lowest BCUT2D eigenvalue weighted by atomic mass is 10.1. The standard InChI is InChI=1S/C15H17N3O/c1-18(11-7-9-12(19-2)10-8-11)14-6-4-3-5-13(14)15(16)17/h3-10H,1-2H3,(H3,16,17). The Morgan fingerprint density at radius 3 is 2.32 bits per heavy atom. The van der Waals surface area contributed by atoms with Crippen molar-refractivity contribution >= 4 is 17.2 Å². The van der Waals surface area contributed by atoms with Crippen LogP contribution in [0.4, 0.5) is 11.4 Å². The molecule has 4 nitrogen and oxygen atoms in total. The third kappa shape index (κ3) is 2.68. The van der Waals surface area contributed by atoms with Crippen molar-refractivity contribution < 1.29 is 4.74 Å². The molecule has 2 aromatic rings. The van der Waals surface area contributed by atoms with Gasteiger partial charge in [-0.2, -0.15) is 0 Å². The van der Waals surface area contributed by atoms with Crippen LogP contribution in [-0.2, 0) is 0 Å². The lowest BCUT2D eigenvalue weighted by molar-refractivity contribution is 0.415. The SMILES string of the molecule is COc1ccc(N(C)c2ccccc2C(=N)N)cc1. The average Bonchev–Trinajstić information content (AvgIpc) is 2.46. The number of nitrogens with zero attached hydrogens (tertiary/aromatic N) is 1. The fraction of sp³-hybridized carbons (Fsp3) is 0.133. The molecule has 98 valence electrons. The molecular formula is C15H17N3O. The number of benzene rings is 2. The highest BCUT2D eigenvalue weighted by molar-refractivity contribution is 6.01. The lowest BCUT2D eigenvalue weighted by Crippen LogP contribution is -2.18. The van der Waals surface area contributed by atoms with Gasteiger partial charge in [-0.1, -0.05) is 12.1 Å². The summed E-state index contributed by atoms with van der Waals surface area (Å²) in [5.41, 5.74) is 8.25. The number of rotatable bonds is 4. The molecule has 0 radical (unpaired) electrons. The van der Waals surface area contributed by atoms with Crippen LogP contribution in [0, 0.1) is 5.41 Å². The second-order valence-electron chi connectivity index (χ2n) is 4.19. The highest BCUT2D eigenvalue weighted by Crippen LogP contribution is 2.28. The van der Waals surface area contributed by atoms with E-state index in [0.29, 0.717) is 0 Å². The van der Waals surface area contributed by atoms with E-state index in [9.17, 15) is 0 Å². The highest BCUT2D eigenvalue weighted by atomic mass is 16.5. The maximum Gasteiger partial charge on any atom is 0.124 e. The summed E-state index contributed by atoms with van der Waals surface area (Å²) in [5.74, 6) is 0.882. The fourth-order valence-corrected chi connectivity index (χ4v) is 1.94. The molecule has 0 atom stereocenters. The Morgan fingerprint density at radius 1 is 1.11 bits per heavy atom. The van der Waals surface area contributed by atoms with E-state index in [4.69, 9.17) is 15.9 Å². The second-order valence-corrected chi connectivity index (χ2v) is 4.19. The van der Waals surface area contributed by atoms with Gasteiger partial charge in [0.2, 0.25) is 0 Å². The van der Waals surface area contributed by atoms with E-state index < -0.39 is 0 Å². The zero-order valence-corrected chi connectivity index (χ0v) is 11.1. The van der Waals surface area contributed by atoms with Crippen molar-refractivity contribution in [1.82, 2.24) is 0 Å². The monoisotopic (exact) mass is 255 g/mol. The minimum Gasteiger partial charge on any atom is -0.497 e. The summed E-state index contributed by atoms with van der Waals surface area (Å²) < 4.78 is 5.14. The smallest absolute Gasteiger partial charge is 0.124 e. The normalized spacial score (nSPS) is 10.0. The Bertz CT molecular complexity index is 578. The molecule has 2 rings (SSSR count). The molecule has 0 saturated carbocycles. The van der Waals surface area contributed by atoms with Gasteiger partial charge in [0.15, 0.2) is 0 Å². The summed E-state index contributed by atoms with van der Waals surface area (Å²) in [4.78, 5) is 2.00. The third-order valence-corrected chi connectivity index (χ3v) is 3.02. The zero-order valence-electron chi connectivity index (χ0n) is 11.1. The number of ether oxygens (including phenoxy) is 1. The van der Waals surface area contributed by atoms with Crippen molar-refractivity contribution in [2.75, 3.05) is 19.1 Å². The van der Waals surface area contributed by atoms with Crippen LogP contribution in [-0.4, -0.2) is 20.0 Å². The predicted octanol–water partition coefficient (Wildman–Crippen LogP) is 2.75. The summed E-state index contributed by atoms with van der Waals surface area (Å²) in [6.45, 7) is 0. The van der Waals surface area contributed by atoms with E-state index in [2.05, 4.69) is 0 Å². The first-order valence-corrected chi connectivity index (χ1v) is 5.94. The summed E-state index contributed by atoms with van der Waals surface area (Å²) in [5, 5.41) is 7.63. The Kier molecular flexibility index (Phi) is 3.71. The molecule has 0 saturated heterocycles. The van der Waals surface area contributed by atoms with Crippen molar-refractivity contribution in [3.8, 4) is 5.75 Å². The van der Waals surface area contributed by atoms with Crippen molar-refractivity contribution in [3.63, 3.8) is 0 Å². The van der Waals surface area contributed by atoms with Crippen LogP contribution in [0.5, 0.6) is 5.75 Å². The topological polar surface area (TPSA) is 62.3 Å². The first kappa shape index (κ1) is 13.0. The fourth-order valence-electron chi connectivity index (χ4n) is 1.94. The third-order valence-electron chi connectivity index (χ3n) is 3.02. The van der Waals surface area contributed by atoms with Crippen LogP contribution < -0.4 is 15.4 Å². The van der Waals surface area contributed by atoms with Gasteiger partial charge in [0.1, 0.15) is 11.6 Å². The first-order valence-electron chi connectivity index (χ1n) is 5.94. The minimum absolute atomic E-state index is 0.0657. The van der Waals surface area contributed by atoms with Gasteiger partial charge in [0.05, 0.1) is 12.8 Å². The van der Waals surface area contributed by atoms with Crippen molar-refractivity contribution in [1.29, 1.82) is 5.41 Å². The zero-order chi connectivity index (χ0) is 13.8. The van der Waals surface area contributed by atoms with Gasteiger partial charge in [-0.25, -0.2) is 0 Å². The van der Waals surface area contributed by atoms with Crippen molar-refractivity contribution in [2.45, 2.75) is 0 Å². The molecule has 0 aromatic heterocycles. The Hall–Kier alpha value is -2.49. The molecule has 0 aliphatic carbocycles. The number of hydrogen-bond acceptors (Lipinski definition) is 3. The molecule has 0 heterocycles. The van der Waals surface area contributed by atoms with E-state index in [1.54, 1.807) is 7.11 Å². The van der Waals surface area contributed by atoms with Gasteiger partial charge in [-0.3, -0.25) is 5.41 Å². The van der Waals surface area contributed by atoms with E-state index in [1.165, 1.54) is 0 Å². The van der Waals surface area contributed by atoms with Gasteiger partial charge >= 0.3 is 0 Å². The van der Waals surface area contributed by atoms with Crippen molar-refractivity contribution in [2.24, 2.45) is 5.73 Å². The average molecular weight is 255 g/mol. The summed E-state index contributed by atoms with van der Waals surface area (Å²) >= 11 is 0. The molecule has 0 unspecified atom stereocenters. The number of para-hydroxylation sites is 1. The molecule has 4 heteroatoms. The Balaban J connectivity index is 2.37. The molecule has 0 fully saturated rings. The van der Waals surface area contributed by atoms with E-state index in [1.807, 2.05) is 60.5 Å². The molecule has 0 aliphatic heterocycles. The van der Waals surface area contributed by atoms with Gasteiger partial charge in [-0.05, 0) is 36.4 Å².